The van der Waals surface area contributed by atoms with Gasteiger partial charge in [0.05, 0.1) is 6.61 Å². The van der Waals surface area contributed by atoms with E-state index in [1.807, 2.05) is 5.38 Å². The number of hydrogen-bond donors (Lipinski definition) is 1. The Morgan fingerprint density at radius 1 is 1.06 bits per heavy atom. The van der Waals surface area contributed by atoms with Crippen LogP contribution in [-0.4, -0.2) is 61.1 Å². The van der Waals surface area contributed by atoms with Crippen LogP contribution in [0.5, 0.6) is 0 Å². The lowest BCUT2D eigenvalue weighted by Gasteiger charge is -2.57. The minimum atomic E-state index is -3.47. The Balaban J connectivity index is 1.41. The third kappa shape index (κ3) is 3.91. The minimum absolute atomic E-state index is 0.0611. The summed E-state index contributed by atoms with van der Waals surface area (Å²) in [5.41, 5.74) is 3.92. The first-order valence-electron chi connectivity index (χ1n) is 11.3. The molecule has 3 atom stereocenters. The maximum absolute atomic E-state index is 13.2. The highest BCUT2D eigenvalue weighted by Crippen LogP contribution is 2.43. The van der Waals surface area contributed by atoms with Crippen LogP contribution < -0.4 is 0 Å². The van der Waals surface area contributed by atoms with E-state index in [0.29, 0.717) is 17.3 Å². The van der Waals surface area contributed by atoms with E-state index in [1.165, 1.54) is 34.5 Å². The first-order chi connectivity index (χ1) is 15.1. The lowest BCUT2D eigenvalue weighted by molar-refractivity contribution is -0.0553. The fourth-order valence-corrected chi connectivity index (χ4v) is 8.16. The highest BCUT2D eigenvalue weighted by atomic mass is 32.2. The van der Waals surface area contributed by atoms with E-state index in [0.717, 1.165) is 32.2 Å². The quantitative estimate of drug-likeness (QED) is 0.738. The molecule has 1 N–H and O–H groups in total. The van der Waals surface area contributed by atoms with Crippen molar-refractivity contribution < 1.29 is 13.5 Å². The van der Waals surface area contributed by atoms with E-state index in [2.05, 4.69) is 35.2 Å². The van der Waals surface area contributed by atoms with Gasteiger partial charge in [0, 0.05) is 31.1 Å². The number of aliphatic hydroxyl groups excluding tert-OH is 1. The number of hydrogen-bond acceptors (Lipinski definition) is 5. The number of allylic oxidation sites excluding steroid dienone is 2. The van der Waals surface area contributed by atoms with Crippen LogP contribution in [0, 0.1) is 0 Å². The standard InChI is InChI=1S/C24H30N2O3S2/c27-17-22-24(20-11-9-19(10-12-20)18-6-1-2-7-18)21-16-25(13-3-4-14-26(21)22)31(28,29)23-8-5-15-30-23/h5-6,8-12,15,21-22,24,27H,1-4,7,13-14,16-17H2/t21-,22+,24+/m1/s1. The summed E-state index contributed by atoms with van der Waals surface area (Å²) in [6.07, 6.45) is 7.67. The topological polar surface area (TPSA) is 60.9 Å². The summed E-state index contributed by atoms with van der Waals surface area (Å²) in [7, 11) is -3.47. The molecular formula is C24H30N2O3S2. The van der Waals surface area contributed by atoms with Crippen LogP contribution in [0.1, 0.15) is 49.1 Å². The molecule has 0 saturated carbocycles. The Kier molecular flexibility index (Phi) is 6.05. The molecule has 2 aromatic rings. The van der Waals surface area contributed by atoms with Gasteiger partial charge in [0.2, 0.25) is 0 Å². The van der Waals surface area contributed by atoms with Crippen molar-refractivity contribution in [3.63, 3.8) is 0 Å². The Hall–Kier alpha value is -1.51. The zero-order valence-electron chi connectivity index (χ0n) is 17.7. The summed E-state index contributed by atoms with van der Waals surface area (Å²) in [4.78, 5) is 2.33. The molecule has 0 bridgehead atoms. The van der Waals surface area contributed by atoms with Crippen molar-refractivity contribution in [2.75, 3.05) is 26.2 Å². The molecule has 0 unspecified atom stereocenters. The lowest BCUT2D eigenvalue weighted by Crippen LogP contribution is -2.67. The summed E-state index contributed by atoms with van der Waals surface area (Å²) in [5, 5.41) is 12.0. The van der Waals surface area contributed by atoms with E-state index in [-0.39, 0.29) is 24.6 Å². The van der Waals surface area contributed by atoms with Crippen LogP contribution in [0.25, 0.3) is 5.57 Å². The summed E-state index contributed by atoms with van der Waals surface area (Å²) in [6.45, 7) is 2.07. The Labute approximate surface area is 189 Å². The van der Waals surface area contributed by atoms with Crippen LogP contribution in [0.4, 0.5) is 0 Å². The molecule has 1 aromatic heterocycles. The van der Waals surface area contributed by atoms with Crippen LogP contribution in [0.2, 0.25) is 0 Å². The monoisotopic (exact) mass is 458 g/mol. The van der Waals surface area contributed by atoms with Crippen molar-refractivity contribution in [2.24, 2.45) is 0 Å². The Bertz CT molecular complexity index is 1030. The second-order valence-electron chi connectivity index (χ2n) is 8.83. The Morgan fingerprint density at radius 2 is 1.87 bits per heavy atom. The highest BCUT2D eigenvalue weighted by molar-refractivity contribution is 7.91. The maximum atomic E-state index is 13.2. The molecule has 3 heterocycles. The molecule has 3 aliphatic rings. The highest BCUT2D eigenvalue weighted by Gasteiger charge is 2.50. The number of aliphatic hydroxyl groups is 1. The summed E-state index contributed by atoms with van der Waals surface area (Å²) in [6, 6.07) is 12.4. The third-order valence-electron chi connectivity index (χ3n) is 7.13. The fourth-order valence-electron chi connectivity index (χ4n) is 5.52. The molecule has 0 spiro atoms. The van der Waals surface area contributed by atoms with Gasteiger partial charge in [-0.25, -0.2) is 8.42 Å². The SMILES string of the molecule is O=S(=O)(c1cccs1)N1CCCCN2[C@H](C1)[C@H](c1ccc(C3=CCCC3)cc1)[C@@H]2CO. The lowest BCUT2D eigenvalue weighted by atomic mass is 9.74. The van der Waals surface area contributed by atoms with E-state index < -0.39 is 10.0 Å². The molecule has 5 nitrogen and oxygen atoms in total. The van der Waals surface area contributed by atoms with Crippen molar-refractivity contribution in [3.8, 4) is 0 Å². The molecule has 0 radical (unpaired) electrons. The number of fused-ring (bicyclic) bond motifs is 1. The molecule has 2 fully saturated rings. The van der Waals surface area contributed by atoms with Crippen molar-refractivity contribution in [1.29, 1.82) is 0 Å². The summed E-state index contributed by atoms with van der Waals surface area (Å²) >= 11 is 1.28. The van der Waals surface area contributed by atoms with Gasteiger partial charge in [0.1, 0.15) is 4.21 Å². The smallest absolute Gasteiger partial charge is 0.252 e. The van der Waals surface area contributed by atoms with E-state index in [4.69, 9.17) is 0 Å². The van der Waals surface area contributed by atoms with Gasteiger partial charge in [-0.05, 0) is 66.8 Å². The van der Waals surface area contributed by atoms with Crippen molar-refractivity contribution in [2.45, 2.75) is 54.3 Å². The van der Waals surface area contributed by atoms with Crippen LogP contribution in [0.15, 0.2) is 52.1 Å². The Morgan fingerprint density at radius 3 is 2.55 bits per heavy atom. The predicted molar refractivity (Wildman–Crippen MR) is 125 cm³/mol. The van der Waals surface area contributed by atoms with Crippen LogP contribution in [0.3, 0.4) is 0 Å². The zero-order chi connectivity index (χ0) is 21.4. The van der Waals surface area contributed by atoms with Gasteiger partial charge in [-0.1, -0.05) is 36.4 Å². The zero-order valence-corrected chi connectivity index (χ0v) is 19.3. The second kappa shape index (κ2) is 8.79. The third-order valence-corrected chi connectivity index (χ3v) is 10.4. The van der Waals surface area contributed by atoms with Gasteiger partial charge >= 0.3 is 0 Å². The van der Waals surface area contributed by atoms with Gasteiger partial charge in [0.25, 0.3) is 10.0 Å². The molecule has 5 rings (SSSR count). The van der Waals surface area contributed by atoms with E-state index in [9.17, 15) is 13.5 Å². The van der Waals surface area contributed by atoms with Gasteiger partial charge in [-0.15, -0.1) is 11.3 Å². The maximum Gasteiger partial charge on any atom is 0.252 e. The van der Waals surface area contributed by atoms with Crippen molar-refractivity contribution in [3.05, 3.63) is 59.0 Å². The van der Waals surface area contributed by atoms with Crippen LogP contribution in [-0.2, 0) is 10.0 Å². The van der Waals surface area contributed by atoms with E-state index >= 15 is 0 Å². The van der Waals surface area contributed by atoms with Crippen LogP contribution >= 0.6 is 11.3 Å². The molecule has 0 amide bonds. The number of thiophene rings is 1. The molecule has 166 valence electrons. The molecule has 1 aliphatic carbocycles. The summed E-state index contributed by atoms with van der Waals surface area (Å²) in [5.74, 6) is 0.149. The average molecular weight is 459 g/mol. The number of rotatable bonds is 5. The first kappa shape index (κ1) is 21.3. The molecule has 7 heteroatoms. The van der Waals surface area contributed by atoms with Gasteiger partial charge < -0.3 is 5.11 Å². The molecular weight excluding hydrogens is 428 g/mol. The normalized spacial score (nSPS) is 27.8. The van der Waals surface area contributed by atoms with Crippen molar-refractivity contribution in [1.82, 2.24) is 9.21 Å². The molecule has 2 aliphatic heterocycles. The molecule has 2 saturated heterocycles. The molecule has 31 heavy (non-hydrogen) atoms. The molecule has 1 aromatic carbocycles. The van der Waals surface area contributed by atoms with Gasteiger partial charge in [0.15, 0.2) is 0 Å². The minimum Gasteiger partial charge on any atom is -0.395 e. The average Bonchev–Trinajstić information content (AvgIpc) is 3.47. The number of sulfonamides is 1. The predicted octanol–water partition coefficient (Wildman–Crippen LogP) is 3.93. The number of benzene rings is 1. The largest absolute Gasteiger partial charge is 0.395 e. The number of nitrogens with zero attached hydrogens (tertiary/aromatic N) is 2. The summed E-state index contributed by atoms with van der Waals surface area (Å²) < 4.78 is 28.6. The van der Waals surface area contributed by atoms with Gasteiger partial charge in [-0.3, -0.25) is 4.90 Å². The first-order valence-corrected chi connectivity index (χ1v) is 13.6. The second-order valence-corrected chi connectivity index (χ2v) is 11.9. The fraction of sp³-hybridized carbons (Fsp3) is 0.500. The van der Waals surface area contributed by atoms with E-state index in [1.54, 1.807) is 16.4 Å². The van der Waals surface area contributed by atoms with Gasteiger partial charge in [-0.2, -0.15) is 4.31 Å². The van der Waals surface area contributed by atoms with Crippen molar-refractivity contribution >= 4 is 26.9 Å².